The van der Waals surface area contributed by atoms with E-state index in [1.54, 1.807) is 13.8 Å². The Morgan fingerprint density at radius 2 is 1.88 bits per heavy atom. The molecule has 0 saturated heterocycles. The first-order valence-corrected chi connectivity index (χ1v) is 11.4. The smallest absolute Gasteiger partial charge is 0.323 e. The van der Waals surface area contributed by atoms with E-state index >= 15 is 0 Å². The van der Waals surface area contributed by atoms with Gasteiger partial charge in [0.2, 0.25) is 0 Å². The number of nitrogens with zero attached hydrogens (tertiary/aromatic N) is 1. The number of benzene rings is 2. The van der Waals surface area contributed by atoms with Crippen LogP contribution in [0.4, 0.5) is 0 Å². The van der Waals surface area contributed by atoms with Crippen molar-refractivity contribution in [1.29, 1.82) is 0 Å². The maximum absolute atomic E-state index is 13.2. The lowest BCUT2D eigenvalue weighted by molar-refractivity contribution is -0.153. The van der Waals surface area contributed by atoms with E-state index in [0.717, 1.165) is 23.0 Å². The maximum atomic E-state index is 13.2. The fourth-order valence-electron chi connectivity index (χ4n) is 4.72. The van der Waals surface area contributed by atoms with Gasteiger partial charge in [0.1, 0.15) is 12.3 Å². The van der Waals surface area contributed by atoms with Gasteiger partial charge in [0.25, 0.3) is 0 Å². The second-order valence-corrected chi connectivity index (χ2v) is 8.34. The quantitative estimate of drug-likeness (QED) is 0.378. The van der Waals surface area contributed by atoms with Crippen LogP contribution in [0.5, 0.6) is 0 Å². The third-order valence-corrected chi connectivity index (χ3v) is 6.17. The fourth-order valence-corrected chi connectivity index (χ4v) is 4.72. The van der Waals surface area contributed by atoms with Gasteiger partial charge in [-0.25, -0.2) is 0 Å². The number of carbonyl (C=O) groups is 3. The van der Waals surface area contributed by atoms with E-state index in [1.165, 1.54) is 0 Å². The number of hydrogen-bond donors (Lipinski definition) is 2. The second kappa shape index (κ2) is 11.7. The summed E-state index contributed by atoms with van der Waals surface area (Å²) in [5.41, 5.74) is 3.18. The van der Waals surface area contributed by atoms with Crippen LogP contribution >= 0.6 is 0 Å². The van der Waals surface area contributed by atoms with Gasteiger partial charge in [-0.2, -0.15) is 0 Å². The molecular formula is C26H32N2O5. The highest BCUT2D eigenvalue weighted by Crippen LogP contribution is 2.39. The minimum atomic E-state index is -0.953. The summed E-state index contributed by atoms with van der Waals surface area (Å²) in [6, 6.07) is 15.9. The van der Waals surface area contributed by atoms with Crippen molar-refractivity contribution in [3.63, 3.8) is 0 Å². The summed E-state index contributed by atoms with van der Waals surface area (Å²) in [6.45, 7) is 3.58. The van der Waals surface area contributed by atoms with Crippen molar-refractivity contribution >= 4 is 18.2 Å². The van der Waals surface area contributed by atoms with Crippen molar-refractivity contribution in [1.82, 2.24) is 10.2 Å². The number of ether oxygens (including phenoxy) is 1. The number of aliphatic carboxylic acids is 1. The first kappa shape index (κ1) is 24.6. The van der Waals surface area contributed by atoms with E-state index in [2.05, 4.69) is 5.32 Å². The molecule has 0 radical (unpaired) electrons. The van der Waals surface area contributed by atoms with Crippen molar-refractivity contribution in [3.05, 3.63) is 71.3 Å². The number of fused-ring (bicyclic) bond motifs is 1. The fraction of sp³-hybridized carbons (Fsp3) is 0.423. The lowest BCUT2D eigenvalue weighted by Crippen LogP contribution is -2.54. The number of hydrogen-bond acceptors (Lipinski definition) is 6. The molecular weight excluding hydrogens is 420 g/mol. The SMILES string of the molecule is CCOC(=O)C(CCc1ccccc1)N(C1c2ccccc2CC1NCC(=O)O)[C@@H](C)C=O. The Morgan fingerprint density at radius 3 is 2.55 bits per heavy atom. The van der Waals surface area contributed by atoms with Crippen LogP contribution in [-0.4, -0.2) is 59.5 Å². The molecule has 0 amide bonds. The van der Waals surface area contributed by atoms with Gasteiger partial charge in [0.05, 0.1) is 25.2 Å². The van der Waals surface area contributed by atoms with E-state index < -0.39 is 18.1 Å². The molecule has 1 aliphatic carbocycles. The molecule has 33 heavy (non-hydrogen) atoms. The summed E-state index contributed by atoms with van der Waals surface area (Å²) in [5.74, 6) is -1.32. The minimum Gasteiger partial charge on any atom is -0.480 e. The summed E-state index contributed by atoms with van der Waals surface area (Å²) in [7, 11) is 0. The highest BCUT2D eigenvalue weighted by atomic mass is 16.5. The molecule has 0 saturated carbocycles. The average Bonchev–Trinajstić information content (AvgIpc) is 3.18. The molecule has 1 aliphatic rings. The van der Waals surface area contributed by atoms with Crippen molar-refractivity contribution in [2.75, 3.05) is 13.2 Å². The number of carboxylic acid groups (broad SMARTS) is 1. The topological polar surface area (TPSA) is 95.9 Å². The minimum absolute atomic E-state index is 0.202. The van der Waals surface area contributed by atoms with Gasteiger partial charge < -0.3 is 20.0 Å². The van der Waals surface area contributed by atoms with E-state index in [0.29, 0.717) is 19.3 Å². The highest BCUT2D eigenvalue weighted by molar-refractivity contribution is 5.77. The Hall–Kier alpha value is -3.03. The predicted molar refractivity (Wildman–Crippen MR) is 125 cm³/mol. The van der Waals surface area contributed by atoms with E-state index in [9.17, 15) is 19.5 Å². The summed E-state index contributed by atoms with van der Waals surface area (Å²) in [5, 5.41) is 12.4. The second-order valence-electron chi connectivity index (χ2n) is 8.34. The van der Waals surface area contributed by atoms with Gasteiger partial charge in [0, 0.05) is 6.04 Å². The number of nitrogens with one attached hydrogen (secondary N) is 1. The zero-order valence-electron chi connectivity index (χ0n) is 19.1. The zero-order chi connectivity index (χ0) is 23.8. The molecule has 7 heteroatoms. The molecule has 2 aromatic carbocycles. The number of aldehydes is 1. The standard InChI is InChI=1S/C26H32N2O5/c1-3-33-26(32)23(14-13-19-9-5-4-6-10-19)28(18(2)17-29)25-21-12-8-7-11-20(21)15-22(25)27-16-24(30)31/h4-12,17-18,22-23,25,27H,3,13-16H2,1-2H3,(H,30,31)/t18-,22?,23?,25?/m0/s1. The molecule has 0 heterocycles. The van der Waals surface area contributed by atoms with Crippen molar-refractivity contribution < 1.29 is 24.2 Å². The lowest BCUT2D eigenvalue weighted by Gasteiger charge is -2.40. The molecule has 0 bridgehead atoms. The summed E-state index contributed by atoms with van der Waals surface area (Å²) < 4.78 is 5.44. The van der Waals surface area contributed by atoms with Crippen LogP contribution in [0.15, 0.2) is 54.6 Å². The molecule has 4 atom stereocenters. The lowest BCUT2D eigenvalue weighted by atomic mass is 9.96. The maximum Gasteiger partial charge on any atom is 0.323 e. The Labute approximate surface area is 194 Å². The van der Waals surface area contributed by atoms with Crippen LogP contribution in [0.25, 0.3) is 0 Å². The molecule has 0 aromatic heterocycles. The van der Waals surface area contributed by atoms with Gasteiger partial charge in [-0.15, -0.1) is 0 Å². The Bertz CT molecular complexity index is 949. The number of rotatable bonds is 12. The van der Waals surface area contributed by atoms with E-state index in [1.807, 2.05) is 59.5 Å². The Kier molecular flexibility index (Phi) is 8.74. The molecule has 2 N–H and O–H groups in total. The van der Waals surface area contributed by atoms with Crippen LogP contribution in [0.2, 0.25) is 0 Å². The van der Waals surface area contributed by atoms with Crippen LogP contribution in [0, 0.1) is 0 Å². The summed E-state index contributed by atoms with van der Waals surface area (Å²) in [4.78, 5) is 38.4. The molecule has 2 aromatic rings. The van der Waals surface area contributed by atoms with Crippen molar-refractivity contribution in [2.45, 2.75) is 57.3 Å². The number of aryl methyl sites for hydroxylation is 1. The van der Waals surface area contributed by atoms with Crippen LogP contribution < -0.4 is 5.32 Å². The molecule has 176 valence electrons. The summed E-state index contributed by atoms with van der Waals surface area (Å²) >= 11 is 0. The Balaban J connectivity index is 1.99. The number of carbonyl (C=O) groups excluding carboxylic acids is 2. The van der Waals surface area contributed by atoms with E-state index in [4.69, 9.17) is 4.74 Å². The number of carboxylic acids is 1. The summed E-state index contributed by atoms with van der Waals surface area (Å²) in [6.07, 6.45) is 2.58. The molecule has 0 fully saturated rings. The van der Waals surface area contributed by atoms with Crippen molar-refractivity contribution in [2.24, 2.45) is 0 Å². The molecule has 7 nitrogen and oxygen atoms in total. The van der Waals surface area contributed by atoms with Gasteiger partial charge in [-0.3, -0.25) is 14.5 Å². The zero-order valence-corrected chi connectivity index (χ0v) is 19.1. The Morgan fingerprint density at radius 1 is 1.18 bits per heavy atom. The first-order chi connectivity index (χ1) is 16.0. The monoisotopic (exact) mass is 452 g/mol. The van der Waals surface area contributed by atoms with Gasteiger partial charge in [-0.05, 0) is 49.8 Å². The van der Waals surface area contributed by atoms with E-state index in [-0.39, 0.29) is 31.2 Å². The molecule has 0 aliphatic heterocycles. The van der Waals surface area contributed by atoms with Gasteiger partial charge in [-0.1, -0.05) is 54.6 Å². The van der Waals surface area contributed by atoms with Crippen LogP contribution in [0.1, 0.15) is 43.0 Å². The molecule has 3 rings (SSSR count). The predicted octanol–water partition coefficient (Wildman–Crippen LogP) is 2.78. The number of esters is 1. The molecule has 3 unspecified atom stereocenters. The van der Waals surface area contributed by atoms with Crippen molar-refractivity contribution in [3.8, 4) is 0 Å². The van der Waals surface area contributed by atoms with Crippen LogP contribution in [0.3, 0.4) is 0 Å². The third-order valence-electron chi connectivity index (χ3n) is 6.17. The molecule has 0 spiro atoms. The highest BCUT2D eigenvalue weighted by Gasteiger charge is 2.43. The average molecular weight is 453 g/mol. The first-order valence-electron chi connectivity index (χ1n) is 11.4. The van der Waals surface area contributed by atoms with Crippen LogP contribution in [-0.2, 0) is 32.0 Å². The largest absolute Gasteiger partial charge is 0.480 e. The third kappa shape index (κ3) is 6.06. The van der Waals surface area contributed by atoms with Gasteiger partial charge in [0.15, 0.2) is 0 Å². The normalized spacial score (nSPS) is 19.0. The van der Waals surface area contributed by atoms with Gasteiger partial charge >= 0.3 is 11.9 Å².